The number of thiophene rings is 1. The molecular weight excluding hydrogens is 330 g/mol. The Morgan fingerprint density at radius 3 is 2.89 bits per heavy atom. The van der Waals surface area contributed by atoms with Crippen LogP contribution >= 0.6 is 38.9 Å². The fourth-order valence-electron chi connectivity index (χ4n) is 1.84. The highest BCUT2D eigenvalue weighted by Crippen LogP contribution is 2.37. The van der Waals surface area contributed by atoms with Gasteiger partial charge in [-0.1, -0.05) is 23.7 Å². The van der Waals surface area contributed by atoms with Crippen LogP contribution in [0, 0.1) is 0 Å². The zero-order valence-corrected chi connectivity index (χ0v) is 12.9. The van der Waals surface area contributed by atoms with Gasteiger partial charge in [-0.05, 0) is 47.0 Å². The van der Waals surface area contributed by atoms with Gasteiger partial charge in [0.15, 0.2) is 0 Å². The first-order chi connectivity index (χ1) is 8.74. The van der Waals surface area contributed by atoms with Gasteiger partial charge in [-0.25, -0.2) is 0 Å². The van der Waals surface area contributed by atoms with E-state index in [4.69, 9.17) is 11.6 Å². The molecule has 0 saturated heterocycles. The van der Waals surface area contributed by atoms with E-state index < -0.39 is 0 Å². The predicted octanol–water partition coefficient (Wildman–Crippen LogP) is 5.08. The smallest absolute Gasteiger partial charge is 0.0554 e. The van der Waals surface area contributed by atoms with E-state index in [0.717, 1.165) is 22.1 Å². The van der Waals surface area contributed by atoms with E-state index in [9.17, 15) is 0 Å². The highest BCUT2D eigenvalue weighted by molar-refractivity contribution is 9.10. The maximum absolute atomic E-state index is 6.13. The highest BCUT2D eigenvalue weighted by atomic mass is 79.9. The van der Waals surface area contributed by atoms with Gasteiger partial charge in [0.25, 0.3) is 0 Å². The minimum absolute atomic E-state index is 0.758. The molecule has 0 unspecified atom stereocenters. The standard InChI is InChI=1S/C14H13BrClNS/c15-14-11(2-1-3-12(14)16)13-7-6-10(18-13)8-17-9-4-5-9/h1-3,6-7,9,17H,4-5,8H2. The molecule has 1 aromatic carbocycles. The molecule has 0 radical (unpaired) electrons. The number of benzene rings is 1. The average molecular weight is 343 g/mol. The zero-order chi connectivity index (χ0) is 12.5. The normalized spacial score (nSPS) is 15.0. The molecule has 1 saturated carbocycles. The second-order valence-corrected chi connectivity index (χ2v) is 6.89. The summed E-state index contributed by atoms with van der Waals surface area (Å²) in [7, 11) is 0. The van der Waals surface area contributed by atoms with E-state index >= 15 is 0 Å². The van der Waals surface area contributed by atoms with Gasteiger partial charge in [0, 0.05) is 32.4 Å². The maximum atomic E-state index is 6.13. The van der Waals surface area contributed by atoms with Gasteiger partial charge in [0.1, 0.15) is 0 Å². The van der Waals surface area contributed by atoms with Crippen molar-refractivity contribution >= 4 is 38.9 Å². The summed E-state index contributed by atoms with van der Waals surface area (Å²) in [6, 6.07) is 11.1. The summed E-state index contributed by atoms with van der Waals surface area (Å²) in [4.78, 5) is 2.64. The van der Waals surface area contributed by atoms with Crippen molar-refractivity contribution in [3.63, 3.8) is 0 Å². The van der Waals surface area contributed by atoms with E-state index in [1.54, 1.807) is 0 Å². The van der Waals surface area contributed by atoms with Gasteiger partial charge in [-0.2, -0.15) is 0 Å². The number of rotatable bonds is 4. The van der Waals surface area contributed by atoms with Crippen molar-refractivity contribution in [3.8, 4) is 10.4 Å². The topological polar surface area (TPSA) is 12.0 Å². The molecule has 1 heterocycles. The molecule has 0 atom stereocenters. The minimum atomic E-state index is 0.758. The molecule has 0 bridgehead atoms. The molecule has 1 nitrogen and oxygen atoms in total. The lowest BCUT2D eigenvalue weighted by Gasteiger charge is -2.03. The Kier molecular flexibility index (Phi) is 3.76. The fourth-order valence-corrected chi connectivity index (χ4v) is 3.62. The van der Waals surface area contributed by atoms with E-state index in [0.29, 0.717) is 0 Å². The number of halogens is 2. The SMILES string of the molecule is Clc1cccc(-c2ccc(CNC3CC3)s2)c1Br. The average Bonchev–Trinajstić information content (AvgIpc) is 3.08. The van der Waals surface area contributed by atoms with Crippen LogP contribution in [0.4, 0.5) is 0 Å². The lowest BCUT2D eigenvalue weighted by atomic mass is 10.2. The molecule has 0 aliphatic heterocycles. The van der Waals surface area contributed by atoms with E-state index in [1.165, 1.54) is 28.2 Å². The van der Waals surface area contributed by atoms with Crippen LogP contribution in [-0.2, 0) is 6.54 Å². The quantitative estimate of drug-likeness (QED) is 0.816. The Bertz CT molecular complexity index is 563. The van der Waals surface area contributed by atoms with Crippen LogP contribution in [0.2, 0.25) is 5.02 Å². The third kappa shape index (κ3) is 2.80. The van der Waals surface area contributed by atoms with Crippen LogP contribution in [0.5, 0.6) is 0 Å². The van der Waals surface area contributed by atoms with Crippen LogP contribution < -0.4 is 5.32 Å². The van der Waals surface area contributed by atoms with E-state index in [2.05, 4.69) is 39.4 Å². The maximum Gasteiger partial charge on any atom is 0.0554 e. The van der Waals surface area contributed by atoms with Gasteiger partial charge < -0.3 is 5.32 Å². The summed E-state index contributed by atoms with van der Waals surface area (Å²) in [6.07, 6.45) is 2.66. The van der Waals surface area contributed by atoms with Crippen LogP contribution in [0.15, 0.2) is 34.8 Å². The van der Waals surface area contributed by atoms with Crippen LogP contribution in [-0.4, -0.2) is 6.04 Å². The van der Waals surface area contributed by atoms with Crippen molar-refractivity contribution in [2.24, 2.45) is 0 Å². The Morgan fingerprint density at radius 1 is 1.28 bits per heavy atom. The van der Waals surface area contributed by atoms with Crippen molar-refractivity contribution < 1.29 is 0 Å². The minimum Gasteiger partial charge on any atom is -0.309 e. The largest absolute Gasteiger partial charge is 0.309 e. The molecule has 0 spiro atoms. The Morgan fingerprint density at radius 2 is 2.11 bits per heavy atom. The van der Waals surface area contributed by atoms with Crippen LogP contribution in [0.1, 0.15) is 17.7 Å². The molecule has 0 amide bonds. The lowest BCUT2D eigenvalue weighted by Crippen LogP contribution is -2.14. The molecular formula is C14H13BrClNS. The van der Waals surface area contributed by atoms with Crippen molar-refractivity contribution in [1.29, 1.82) is 0 Å². The number of hydrogen-bond acceptors (Lipinski definition) is 2. The van der Waals surface area contributed by atoms with Crippen molar-refractivity contribution in [2.75, 3.05) is 0 Å². The molecule has 94 valence electrons. The highest BCUT2D eigenvalue weighted by Gasteiger charge is 2.20. The predicted molar refractivity (Wildman–Crippen MR) is 82.3 cm³/mol. The Labute approximate surface area is 124 Å². The molecule has 1 N–H and O–H groups in total. The van der Waals surface area contributed by atoms with Crippen LogP contribution in [0.25, 0.3) is 10.4 Å². The molecule has 1 aliphatic carbocycles. The lowest BCUT2D eigenvalue weighted by molar-refractivity contribution is 0.695. The summed E-state index contributed by atoms with van der Waals surface area (Å²) in [5.74, 6) is 0. The third-order valence-corrected chi connectivity index (χ3v) is 5.54. The number of nitrogens with one attached hydrogen (secondary N) is 1. The molecule has 4 heteroatoms. The van der Waals surface area contributed by atoms with E-state index in [1.807, 2.05) is 23.5 Å². The van der Waals surface area contributed by atoms with Crippen molar-refractivity contribution in [2.45, 2.75) is 25.4 Å². The molecule has 1 fully saturated rings. The number of hydrogen-bond donors (Lipinski definition) is 1. The second kappa shape index (κ2) is 5.33. The monoisotopic (exact) mass is 341 g/mol. The molecule has 3 rings (SSSR count). The summed E-state index contributed by atoms with van der Waals surface area (Å²) < 4.78 is 0.982. The molecule has 18 heavy (non-hydrogen) atoms. The van der Waals surface area contributed by atoms with Crippen molar-refractivity contribution in [3.05, 3.63) is 44.7 Å². The Hall–Kier alpha value is -0.350. The summed E-state index contributed by atoms with van der Waals surface area (Å²) >= 11 is 11.5. The van der Waals surface area contributed by atoms with Gasteiger partial charge in [0.05, 0.1) is 5.02 Å². The van der Waals surface area contributed by atoms with E-state index in [-0.39, 0.29) is 0 Å². The van der Waals surface area contributed by atoms with Gasteiger partial charge in [-0.15, -0.1) is 11.3 Å². The zero-order valence-electron chi connectivity index (χ0n) is 9.75. The van der Waals surface area contributed by atoms with Crippen LogP contribution in [0.3, 0.4) is 0 Å². The van der Waals surface area contributed by atoms with Gasteiger partial charge in [-0.3, -0.25) is 0 Å². The third-order valence-electron chi connectivity index (χ3n) is 3.02. The summed E-state index contributed by atoms with van der Waals surface area (Å²) in [5, 5.41) is 4.30. The van der Waals surface area contributed by atoms with Gasteiger partial charge in [0.2, 0.25) is 0 Å². The first kappa shape index (κ1) is 12.7. The fraction of sp³-hybridized carbons (Fsp3) is 0.286. The van der Waals surface area contributed by atoms with Crippen molar-refractivity contribution in [1.82, 2.24) is 5.32 Å². The molecule has 1 aromatic heterocycles. The van der Waals surface area contributed by atoms with Gasteiger partial charge >= 0.3 is 0 Å². The first-order valence-electron chi connectivity index (χ1n) is 6.00. The summed E-state index contributed by atoms with van der Waals surface area (Å²) in [5.41, 5.74) is 1.17. The second-order valence-electron chi connectivity index (χ2n) is 4.52. The molecule has 2 aromatic rings. The first-order valence-corrected chi connectivity index (χ1v) is 7.99. The Balaban J connectivity index is 1.80. The summed E-state index contributed by atoms with van der Waals surface area (Å²) in [6.45, 7) is 0.980. The molecule has 1 aliphatic rings.